The molecule has 2 fully saturated rings. The number of nitrogens with one attached hydrogen (secondary N) is 1. The van der Waals surface area contributed by atoms with Gasteiger partial charge in [0.05, 0.1) is 6.04 Å². The summed E-state index contributed by atoms with van der Waals surface area (Å²) in [4.78, 5) is 31.1. The predicted molar refractivity (Wildman–Crippen MR) is 98.5 cm³/mol. The number of urea groups is 1. The molecule has 0 aromatic heterocycles. The van der Waals surface area contributed by atoms with E-state index in [4.69, 9.17) is 0 Å². The highest BCUT2D eigenvalue weighted by Crippen LogP contribution is 2.15. The Kier molecular flexibility index (Phi) is 5.91. The molecule has 0 unspecified atom stereocenters. The average Bonchev–Trinajstić information content (AvgIpc) is 2.68. The van der Waals surface area contributed by atoms with Crippen molar-refractivity contribution in [3.8, 4) is 0 Å². The Balaban J connectivity index is 1.47. The van der Waals surface area contributed by atoms with E-state index in [1.165, 1.54) is 6.42 Å². The van der Waals surface area contributed by atoms with E-state index in [0.717, 1.165) is 44.7 Å². The van der Waals surface area contributed by atoms with Crippen LogP contribution in [-0.4, -0.2) is 71.9 Å². The number of hydrogen-bond donors (Lipinski definition) is 1. The Hall–Kier alpha value is -2.08. The summed E-state index contributed by atoms with van der Waals surface area (Å²) < 4.78 is 0. The summed E-state index contributed by atoms with van der Waals surface area (Å²) in [6, 6.07) is 9.49. The lowest BCUT2D eigenvalue weighted by atomic mass is 10.1. The van der Waals surface area contributed by atoms with E-state index in [0.29, 0.717) is 13.1 Å². The minimum Gasteiger partial charge on any atom is -0.325 e. The van der Waals surface area contributed by atoms with Crippen LogP contribution < -0.4 is 5.32 Å². The molecule has 3 rings (SSSR count). The third-order valence-electron chi connectivity index (χ3n) is 5.18. The first-order chi connectivity index (χ1) is 12.1. The first-order valence-electron chi connectivity index (χ1n) is 9.29. The number of amides is 3. The lowest BCUT2D eigenvalue weighted by Gasteiger charge is -2.40. The lowest BCUT2D eigenvalue weighted by Crippen LogP contribution is -2.56. The summed E-state index contributed by atoms with van der Waals surface area (Å²) >= 11 is 0. The Morgan fingerprint density at radius 1 is 0.880 bits per heavy atom. The summed E-state index contributed by atoms with van der Waals surface area (Å²) in [7, 11) is 0. The maximum Gasteiger partial charge on any atom is 0.320 e. The number of piperidine rings is 1. The number of carbonyl (C=O) groups is 2. The van der Waals surface area contributed by atoms with Gasteiger partial charge in [-0.25, -0.2) is 4.79 Å². The Morgan fingerprint density at radius 2 is 1.48 bits per heavy atom. The highest BCUT2D eigenvalue weighted by atomic mass is 16.2. The van der Waals surface area contributed by atoms with Crippen LogP contribution in [0.2, 0.25) is 0 Å². The van der Waals surface area contributed by atoms with Crippen molar-refractivity contribution in [1.29, 1.82) is 0 Å². The van der Waals surface area contributed by atoms with E-state index in [2.05, 4.69) is 10.2 Å². The quantitative estimate of drug-likeness (QED) is 0.915. The van der Waals surface area contributed by atoms with Gasteiger partial charge in [0.2, 0.25) is 5.91 Å². The molecule has 25 heavy (non-hydrogen) atoms. The predicted octanol–water partition coefficient (Wildman–Crippen LogP) is 2.24. The molecule has 1 N–H and O–H groups in total. The van der Waals surface area contributed by atoms with E-state index in [1.54, 1.807) is 0 Å². The van der Waals surface area contributed by atoms with E-state index < -0.39 is 0 Å². The summed E-state index contributed by atoms with van der Waals surface area (Å²) in [6.07, 6.45) is 3.45. The van der Waals surface area contributed by atoms with Crippen molar-refractivity contribution in [3.63, 3.8) is 0 Å². The minimum absolute atomic E-state index is 0.00186. The largest absolute Gasteiger partial charge is 0.325 e. The van der Waals surface area contributed by atoms with E-state index in [1.807, 2.05) is 47.1 Å². The molecule has 2 heterocycles. The van der Waals surface area contributed by atoms with Gasteiger partial charge in [-0.2, -0.15) is 0 Å². The fourth-order valence-corrected chi connectivity index (χ4v) is 3.52. The van der Waals surface area contributed by atoms with Crippen LogP contribution in [0.3, 0.4) is 0 Å². The fourth-order valence-electron chi connectivity index (χ4n) is 3.52. The molecule has 6 heteroatoms. The molecule has 0 saturated carbocycles. The molecule has 1 aromatic carbocycles. The van der Waals surface area contributed by atoms with Gasteiger partial charge in [0, 0.05) is 45.0 Å². The smallest absolute Gasteiger partial charge is 0.320 e. The number of carbonyl (C=O) groups excluding carboxylic acids is 2. The molecule has 1 aromatic rings. The van der Waals surface area contributed by atoms with Gasteiger partial charge in [-0.1, -0.05) is 18.2 Å². The van der Waals surface area contributed by atoms with Crippen molar-refractivity contribution in [1.82, 2.24) is 14.7 Å². The SMILES string of the molecule is C[C@@H](C(=O)Nc1ccccc1)N1CCN(C(=O)N2CCCCC2)CC1. The zero-order chi connectivity index (χ0) is 17.6. The molecule has 2 aliphatic heterocycles. The third kappa shape index (κ3) is 4.51. The van der Waals surface area contributed by atoms with Crippen LogP contribution in [0.4, 0.5) is 10.5 Å². The maximum absolute atomic E-state index is 12.6. The molecular weight excluding hydrogens is 316 g/mol. The number of piperazine rings is 1. The van der Waals surface area contributed by atoms with Crippen LogP contribution in [0.15, 0.2) is 30.3 Å². The van der Waals surface area contributed by atoms with Gasteiger partial charge >= 0.3 is 6.03 Å². The average molecular weight is 344 g/mol. The summed E-state index contributed by atoms with van der Waals surface area (Å²) in [5.41, 5.74) is 0.818. The third-order valence-corrected chi connectivity index (χ3v) is 5.18. The molecule has 1 atom stereocenters. The molecule has 2 aliphatic rings. The Bertz CT molecular complexity index is 578. The molecule has 0 aliphatic carbocycles. The molecule has 0 radical (unpaired) electrons. The van der Waals surface area contributed by atoms with Gasteiger partial charge in [-0.3, -0.25) is 9.69 Å². The molecular formula is C19H28N4O2. The Morgan fingerprint density at radius 3 is 2.12 bits per heavy atom. The number of nitrogens with zero attached hydrogens (tertiary/aromatic N) is 3. The summed E-state index contributed by atoms with van der Waals surface area (Å²) in [5.74, 6) is 0.00186. The van der Waals surface area contributed by atoms with E-state index in [-0.39, 0.29) is 18.0 Å². The van der Waals surface area contributed by atoms with Crippen molar-refractivity contribution < 1.29 is 9.59 Å². The normalized spacial score (nSPS) is 20.2. The van der Waals surface area contributed by atoms with Gasteiger partial charge in [-0.05, 0) is 38.3 Å². The monoisotopic (exact) mass is 344 g/mol. The van der Waals surface area contributed by atoms with Crippen LogP contribution in [-0.2, 0) is 4.79 Å². The standard InChI is InChI=1S/C19H28N4O2/c1-16(18(24)20-17-8-4-2-5-9-17)21-12-14-23(15-13-21)19(25)22-10-6-3-7-11-22/h2,4-5,8-9,16H,3,6-7,10-15H2,1H3,(H,20,24)/t16-/m0/s1. The van der Waals surface area contributed by atoms with Crippen LogP contribution >= 0.6 is 0 Å². The second-order valence-electron chi connectivity index (χ2n) is 6.88. The van der Waals surface area contributed by atoms with Gasteiger partial charge in [0.1, 0.15) is 0 Å². The number of anilines is 1. The van der Waals surface area contributed by atoms with Crippen LogP contribution in [0.25, 0.3) is 0 Å². The zero-order valence-electron chi connectivity index (χ0n) is 15.0. The highest BCUT2D eigenvalue weighted by molar-refractivity contribution is 5.94. The van der Waals surface area contributed by atoms with E-state index in [9.17, 15) is 9.59 Å². The minimum atomic E-state index is -0.201. The number of likely N-dealkylation sites (tertiary alicyclic amines) is 1. The topological polar surface area (TPSA) is 55.9 Å². The second kappa shape index (κ2) is 8.34. The van der Waals surface area contributed by atoms with Crippen molar-refractivity contribution in [2.24, 2.45) is 0 Å². The molecule has 136 valence electrons. The summed E-state index contributed by atoms with van der Waals surface area (Å²) in [5, 5.41) is 2.96. The number of hydrogen-bond acceptors (Lipinski definition) is 3. The molecule has 2 saturated heterocycles. The second-order valence-corrected chi connectivity index (χ2v) is 6.88. The van der Waals surface area contributed by atoms with Gasteiger partial charge in [-0.15, -0.1) is 0 Å². The van der Waals surface area contributed by atoms with Crippen molar-refractivity contribution >= 4 is 17.6 Å². The van der Waals surface area contributed by atoms with E-state index >= 15 is 0 Å². The van der Waals surface area contributed by atoms with Crippen molar-refractivity contribution in [3.05, 3.63) is 30.3 Å². The number of para-hydroxylation sites is 1. The first kappa shape index (κ1) is 17.7. The van der Waals surface area contributed by atoms with Crippen LogP contribution in [0.5, 0.6) is 0 Å². The number of rotatable bonds is 3. The highest BCUT2D eigenvalue weighted by Gasteiger charge is 2.29. The zero-order valence-corrected chi connectivity index (χ0v) is 15.0. The summed E-state index contributed by atoms with van der Waals surface area (Å²) in [6.45, 7) is 6.56. The molecule has 3 amide bonds. The molecule has 6 nitrogen and oxygen atoms in total. The molecule has 0 bridgehead atoms. The Labute approximate surface area is 149 Å². The van der Waals surface area contributed by atoms with Gasteiger partial charge in [0.15, 0.2) is 0 Å². The lowest BCUT2D eigenvalue weighted by molar-refractivity contribution is -0.121. The van der Waals surface area contributed by atoms with Crippen LogP contribution in [0, 0.1) is 0 Å². The maximum atomic E-state index is 12.6. The first-order valence-corrected chi connectivity index (χ1v) is 9.29. The molecule has 0 spiro atoms. The van der Waals surface area contributed by atoms with Gasteiger partial charge in [0.25, 0.3) is 0 Å². The van der Waals surface area contributed by atoms with Crippen molar-refractivity contribution in [2.45, 2.75) is 32.2 Å². The number of benzene rings is 1. The fraction of sp³-hybridized carbons (Fsp3) is 0.579. The van der Waals surface area contributed by atoms with Crippen LogP contribution in [0.1, 0.15) is 26.2 Å². The van der Waals surface area contributed by atoms with Crippen molar-refractivity contribution in [2.75, 3.05) is 44.6 Å². The van der Waals surface area contributed by atoms with Gasteiger partial charge < -0.3 is 15.1 Å².